The standard InChI is InChI=1S/C60H100O6/c1-4-7-10-13-16-18-20-22-24-26-28-29-30-31-33-34-36-38-40-42-44-47-50-53-59(62)65-56-57(55-64-58(61)52-49-46-15-12-9-6-3)66-60(63)54-51-48-45-43-41-39-37-35-32-27-25-23-21-19-17-14-11-8-5-2/h8,11,17,19-20,22-23,25-26,28,30-32,35,39,41,57H,4-7,9-10,12-16,18,21,24,27,29,33-34,36-38,40,42-56H2,1-3H3/b11-8-,19-17-,22-20-,25-23-,28-26-,31-30-,35-32-,41-39-. The molecule has 0 spiro atoms. The SMILES string of the molecule is CC/C=C\C/C=C\C/C=C\C/C=C\C/C=C\CCCCCC(=O)OC(COC(=O)CCCCCCCC)COC(=O)CCCCCCCCCC/C=C\C/C=C\C/C=C\CCCCCCC. The summed E-state index contributed by atoms with van der Waals surface area (Å²) in [5.41, 5.74) is 0. The molecule has 0 aromatic rings. The number of hydrogen-bond donors (Lipinski definition) is 0. The summed E-state index contributed by atoms with van der Waals surface area (Å²) in [5, 5.41) is 0. The molecule has 0 aliphatic heterocycles. The van der Waals surface area contributed by atoms with Gasteiger partial charge in [-0.3, -0.25) is 14.4 Å². The highest BCUT2D eigenvalue weighted by Gasteiger charge is 2.19. The monoisotopic (exact) mass is 917 g/mol. The Hall–Kier alpha value is -3.67. The van der Waals surface area contributed by atoms with Crippen molar-refractivity contribution in [2.45, 2.75) is 252 Å². The number of hydrogen-bond acceptors (Lipinski definition) is 6. The van der Waals surface area contributed by atoms with Crippen LogP contribution in [-0.2, 0) is 28.6 Å². The summed E-state index contributed by atoms with van der Waals surface area (Å²) in [6, 6.07) is 0. The van der Waals surface area contributed by atoms with Gasteiger partial charge in [-0.15, -0.1) is 0 Å². The van der Waals surface area contributed by atoms with Crippen LogP contribution in [0.2, 0.25) is 0 Å². The number of carbonyl (C=O) groups is 3. The van der Waals surface area contributed by atoms with E-state index < -0.39 is 6.10 Å². The van der Waals surface area contributed by atoms with E-state index in [2.05, 4.69) is 118 Å². The van der Waals surface area contributed by atoms with E-state index in [0.29, 0.717) is 12.8 Å². The van der Waals surface area contributed by atoms with Crippen LogP contribution in [0.4, 0.5) is 0 Å². The molecule has 1 unspecified atom stereocenters. The van der Waals surface area contributed by atoms with Crippen molar-refractivity contribution in [3.63, 3.8) is 0 Å². The molecule has 376 valence electrons. The molecule has 0 fully saturated rings. The number of unbranched alkanes of at least 4 members (excludes halogenated alkanes) is 21. The largest absolute Gasteiger partial charge is 0.462 e. The van der Waals surface area contributed by atoms with Gasteiger partial charge in [0.25, 0.3) is 0 Å². The maximum Gasteiger partial charge on any atom is 0.306 e. The summed E-state index contributed by atoms with van der Waals surface area (Å²) >= 11 is 0. The highest BCUT2D eigenvalue weighted by molar-refractivity contribution is 5.71. The molecule has 0 N–H and O–H groups in total. The Labute approximate surface area is 407 Å². The third kappa shape index (κ3) is 51.3. The molecule has 0 radical (unpaired) electrons. The summed E-state index contributed by atoms with van der Waals surface area (Å²) in [4.78, 5) is 37.8. The summed E-state index contributed by atoms with van der Waals surface area (Å²) in [5.74, 6) is -0.946. The molecule has 0 heterocycles. The van der Waals surface area contributed by atoms with E-state index in [0.717, 1.165) is 116 Å². The molecule has 0 saturated carbocycles. The molecule has 0 aromatic heterocycles. The quantitative estimate of drug-likeness (QED) is 0.0262. The number of rotatable bonds is 48. The van der Waals surface area contributed by atoms with Crippen LogP contribution in [0.5, 0.6) is 0 Å². The minimum Gasteiger partial charge on any atom is -0.462 e. The molecule has 0 aliphatic rings. The minimum atomic E-state index is -0.796. The predicted molar refractivity (Wildman–Crippen MR) is 284 cm³/mol. The second-order valence-corrected chi connectivity index (χ2v) is 17.8. The molecule has 66 heavy (non-hydrogen) atoms. The number of ether oxygens (including phenoxy) is 3. The van der Waals surface area contributed by atoms with Gasteiger partial charge in [0.2, 0.25) is 0 Å². The average Bonchev–Trinajstić information content (AvgIpc) is 3.31. The Morgan fingerprint density at radius 1 is 0.318 bits per heavy atom. The van der Waals surface area contributed by atoms with E-state index in [1.54, 1.807) is 0 Å². The molecule has 0 rings (SSSR count). The van der Waals surface area contributed by atoms with E-state index in [1.807, 2.05) is 0 Å². The summed E-state index contributed by atoms with van der Waals surface area (Å²) in [7, 11) is 0. The van der Waals surface area contributed by atoms with Crippen molar-refractivity contribution in [1.82, 2.24) is 0 Å². The topological polar surface area (TPSA) is 78.9 Å². The summed E-state index contributed by atoms with van der Waals surface area (Å²) in [6.07, 6.45) is 71.4. The van der Waals surface area contributed by atoms with Crippen molar-refractivity contribution in [3.8, 4) is 0 Å². The lowest BCUT2D eigenvalue weighted by molar-refractivity contribution is -0.167. The van der Waals surface area contributed by atoms with Gasteiger partial charge in [-0.2, -0.15) is 0 Å². The molecular weight excluding hydrogens is 817 g/mol. The smallest absolute Gasteiger partial charge is 0.306 e. The lowest BCUT2D eigenvalue weighted by Gasteiger charge is -2.18. The summed E-state index contributed by atoms with van der Waals surface area (Å²) in [6.45, 7) is 6.41. The van der Waals surface area contributed by atoms with Crippen LogP contribution in [0.3, 0.4) is 0 Å². The van der Waals surface area contributed by atoms with Gasteiger partial charge in [0, 0.05) is 19.3 Å². The van der Waals surface area contributed by atoms with Crippen molar-refractivity contribution in [2.75, 3.05) is 13.2 Å². The van der Waals surface area contributed by atoms with Crippen molar-refractivity contribution in [3.05, 3.63) is 97.2 Å². The number of carbonyl (C=O) groups excluding carboxylic acids is 3. The van der Waals surface area contributed by atoms with Crippen molar-refractivity contribution in [2.24, 2.45) is 0 Å². The Morgan fingerprint density at radius 3 is 0.939 bits per heavy atom. The van der Waals surface area contributed by atoms with Crippen LogP contribution < -0.4 is 0 Å². The van der Waals surface area contributed by atoms with Gasteiger partial charge in [0.1, 0.15) is 13.2 Å². The zero-order valence-electron chi connectivity index (χ0n) is 42.9. The molecule has 6 nitrogen and oxygen atoms in total. The predicted octanol–water partition coefficient (Wildman–Crippen LogP) is 18.1. The third-order valence-electron chi connectivity index (χ3n) is 11.3. The van der Waals surface area contributed by atoms with Crippen molar-refractivity contribution in [1.29, 1.82) is 0 Å². The van der Waals surface area contributed by atoms with Gasteiger partial charge in [-0.1, -0.05) is 221 Å². The Kier molecular flexibility index (Phi) is 50.9. The molecule has 0 aliphatic carbocycles. The number of esters is 3. The maximum absolute atomic E-state index is 12.8. The fraction of sp³-hybridized carbons (Fsp3) is 0.683. The molecule has 0 bridgehead atoms. The normalized spacial score (nSPS) is 12.8. The Morgan fingerprint density at radius 2 is 0.591 bits per heavy atom. The average molecular weight is 917 g/mol. The van der Waals surface area contributed by atoms with Gasteiger partial charge in [0.15, 0.2) is 6.10 Å². The first-order valence-electron chi connectivity index (χ1n) is 27.2. The van der Waals surface area contributed by atoms with Gasteiger partial charge in [-0.25, -0.2) is 0 Å². The number of allylic oxidation sites excluding steroid dienone is 16. The van der Waals surface area contributed by atoms with Gasteiger partial charge in [0.05, 0.1) is 0 Å². The highest BCUT2D eigenvalue weighted by Crippen LogP contribution is 2.14. The minimum absolute atomic E-state index is 0.0944. The van der Waals surface area contributed by atoms with Crippen LogP contribution in [-0.4, -0.2) is 37.2 Å². The van der Waals surface area contributed by atoms with E-state index >= 15 is 0 Å². The molecule has 0 aromatic carbocycles. The van der Waals surface area contributed by atoms with E-state index in [9.17, 15) is 14.4 Å². The summed E-state index contributed by atoms with van der Waals surface area (Å²) < 4.78 is 16.7. The zero-order chi connectivity index (χ0) is 47.9. The van der Waals surface area contributed by atoms with Crippen molar-refractivity contribution < 1.29 is 28.6 Å². The van der Waals surface area contributed by atoms with Gasteiger partial charge < -0.3 is 14.2 Å². The second kappa shape index (κ2) is 53.9. The van der Waals surface area contributed by atoms with E-state index in [1.165, 1.54) is 89.9 Å². The second-order valence-electron chi connectivity index (χ2n) is 17.8. The maximum atomic E-state index is 12.8. The Bertz CT molecular complexity index is 1330. The van der Waals surface area contributed by atoms with Gasteiger partial charge >= 0.3 is 17.9 Å². The highest BCUT2D eigenvalue weighted by atomic mass is 16.6. The molecule has 6 heteroatoms. The molecule has 0 saturated heterocycles. The van der Waals surface area contributed by atoms with E-state index in [4.69, 9.17) is 14.2 Å². The lowest BCUT2D eigenvalue weighted by Crippen LogP contribution is -2.30. The van der Waals surface area contributed by atoms with Crippen LogP contribution in [0.15, 0.2) is 97.2 Å². The first-order chi connectivity index (χ1) is 32.5. The Balaban J connectivity index is 4.26. The van der Waals surface area contributed by atoms with Crippen LogP contribution in [0.1, 0.15) is 245 Å². The fourth-order valence-corrected chi connectivity index (χ4v) is 7.24. The van der Waals surface area contributed by atoms with Gasteiger partial charge in [-0.05, 0) is 103 Å². The lowest BCUT2D eigenvalue weighted by atomic mass is 10.1. The fourth-order valence-electron chi connectivity index (χ4n) is 7.24. The first-order valence-corrected chi connectivity index (χ1v) is 27.2. The molecule has 0 amide bonds. The van der Waals surface area contributed by atoms with Crippen molar-refractivity contribution >= 4 is 17.9 Å². The van der Waals surface area contributed by atoms with Crippen LogP contribution >= 0.6 is 0 Å². The first kappa shape index (κ1) is 62.3. The molecule has 1 atom stereocenters. The zero-order valence-corrected chi connectivity index (χ0v) is 42.9. The third-order valence-corrected chi connectivity index (χ3v) is 11.3. The van der Waals surface area contributed by atoms with Crippen LogP contribution in [0, 0.1) is 0 Å². The van der Waals surface area contributed by atoms with Crippen LogP contribution in [0.25, 0.3) is 0 Å². The van der Waals surface area contributed by atoms with E-state index in [-0.39, 0.29) is 37.5 Å². The molecular formula is C60H100O6.